The molecule has 1 aromatic heterocycles. The van der Waals surface area contributed by atoms with E-state index in [4.69, 9.17) is 5.73 Å². The molecule has 0 saturated carbocycles. The molecule has 1 unspecified atom stereocenters. The van der Waals surface area contributed by atoms with E-state index in [1.165, 1.54) is 0 Å². The third-order valence-corrected chi connectivity index (χ3v) is 3.61. The highest BCUT2D eigenvalue weighted by Gasteiger charge is 2.23. The van der Waals surface area contributed by atoms with E-state index in [2.05, 4.69) is 4.98 Å². The Morgan fingerprint density at radius 2 is 2.00 bits per heavy atom. The number of hydrogen-bond acceptors (Lipinski definition) is 3. The number of nitrogens with zero attached hydrogens (tertiary/aromatic N) is 2. The number of fused-ring (bicyclic) bond motifs is 1. The van der Waals surface area contributed by atoms with E-state index in [1.807, 2.05) is 35.2 Å². The van der Waals surface area contributed by atoms with Crippen molar-refractivity contribution >= 4 is 41.6 Å². The average molecular weight is 328 g/mol. The molecule has 0 radical (unpaired) electrons. The van der Waals surface area contributed by atoms with Crippen LogP contribution in [-0.4, -0.2) is 34.9 Å². The van der Waals surface area contributed by atoms with Crippen LogP contribution in [-0.2, 0) is 0 Å². The zero-order valence-corrected chi connectivity index (χ0v) is 13.2. The molecule has 2 aromatic rings. The molecule has 6 heteroatoms. The van der Waals surface area contributed by atoms with Crippen molar-refractivity contribution in [2.45, 2.75) is 18.9 Å². The summed E-state index contributed by atoms with van der Waals surface area (Å²) < 4.78 is 0. The Morgan fingerprint density at radius 1 is 1.24 bits per heavy atom. The first-order valence-electron chi connectivity index (χ1n) is 6.64. The number of likely N-dealkylation sites (tertiary alicyclic amines) is 1. The Balaban J connectivity index is 0.00000110. The first-order valence-corrected chi connectivity index (χ1v) is 6.64. The number of carbonyl (C=O) groups excluding carboxylic acids is 1. The molecule has 3 rings (SSSR count). The third-order valence-electron chi connectivity index (χ3n) is 3.61. The van der Waals surface area contributed by atoms with Gasteiger partial charge in [-0.1, -0.05) is 18.2 Å². The summed E-state index contributed by atoms with van der Waals surface area (Å²) in [5, 5.41) is 0.995. The van der Waals surface area contributed by atoms with E-state index in [9.17, 15) is 4.79 Å². The maximum atomic E-state index is 12.6. The number of hydrogen-bond donors (Lipinski definition) is 1. The number of halogens is 2. The van der Waals surface area contributed by atoms with E-state index >= 15 is 0 Å². The molecule has 0 bridgehead atoms. The standard InChI is InChI=1S/C15H17N3O.2ClH/c16-12-6-3-9-18(10-12)15(19)13-7-1-4-11-5-2-8-17-14(11)13;;/h1-2,4-5,7-8,12H,3,6,9-10,16H2;2*1H. The largest absolute Gasteiger partial charge is 0.337 e. The second kappa shape index (κ2) is 7.59. The van der Waals surface area contributed by atoms with Crippen LogP contribution in [0.15, 0.2) is 36.5 Å². The minimum atomic E-state index is 0. The number of piperidine rings is 1. The molecular formula is C15H19Cl2N3O. The van der Waals surface area contributed by atoms with E-state index in [1.54, 1.807) is 6.20 Å². The molecule has 1 fully saturated rings. The van der Waals surface area contributed by atoms with Crippen LogP contribution in [0.25, 0.3) is 10.9 Å². The number of pyridine rings is 1. The summed E-state index contributed by atoms with van der Waals surface area (Å²) >= 11 is 0. The summed E-state index contributed by atoms with van der Waals surface area (Å²) in [6, 6.07) is 9.68. The number of carbonyl (C=O) groups is 1. The molecule has 0 aliphatic carbocycles. The lowest BCUT2D eigenvalue weighted by Crippen LogP contribution is -2.45. The first kappa shape index (κ1) is 17.7. The highest BCUT2D eigenvalue weighted by Crippen LogP contribution is 2.19. The van der Waals surface area contributed by atoms with Gasteiger partial charge in [0, 0.05) is 30.7 Å². The van der Waals surface area contributed by atoms with E-state index < -0.39 is 0 Å². The number of nitrogens with two attached hydrogens (primary N) is 1. The van der Waals surface area contributed by atoms with Crippen molar-refractivity contribution in [3.05, 3.63) is 42.1 Å². The molecule has 1 atom stereocenters. The number of aromatic nitrogens is 1. The second-order valence-corrected chi connectivity index (χ2v) is 5.03. The van der Waals surface area contributed by atoms with E-state index in [0.717, 1.165) is 30.3 Å². The summed E-state index contributed by atoms with van der Waals surface area (Å²) in [6.45, 7) is 1.43. The SMILES string of the molecule is Cl.Cl.NC1CCCN(C(=O)c2cccc3cccnc23)C1. The lowest BCUT2D eigenvalue weighted by atomic mass is 10.0. The quantitative estimate of drug-likeness (QED) is 0.875. The van der Waals surface area contributed by atoms with Crippen LogP contribution in [0.4, 0.5) is 0 Å². The Kier molecular flexibility index (Phi) is 6.40. The summed E-state index contributed by atoms with van der Waals surface area (Å²) in [6.07, 6.45) is 3.70. The van der Waals surface area contributed by atoms with Gasteiger partial charge in [-0.2, -0.15) is 0 Å². The monoisotopic (exact) mass is 327 g/mol. The van der Waals surface area contributed by atoms with Crippen molar-refractivity contribution in [2.24, 2.45) is 5.73 Å². The molecule has 114 valence electrons. The fourth-order valence-electron chi connectivity index (χ4n) is 2.64. The van der Waals surface area contributed by atoms with Gasteiger partial charge in [-0.25, -0.2) is 0 Å². The number of benzene rings is 1. The maximum absolute atomic E-state index is 12.6. The van der Waals surface area contributed by atoms with Crippen LogP contribution < -0.4 is 5.73 Å². The molecule has 1 aliphatic heterocycles. The highest BCUT2D eigenvalue weighted by molar-refractivity contribution is 6.05. The molecule has 1 amide bonds. The molecule has 1 aromatic carbocycles. The smallest absolute Gasteiger partial charge is 0.256 e. The van der Waals surface area contributed by atoms with Gasteiger partial charge < -0.3 is 10.6 Å². The van der Waals surface area contributed by atoms with Crippen molar-refractivity contribution in [3.63, 3.8) is 0 Å². The zero-order valence-electron chi connectivity index (χ0n) is 11.6. The molecule has 21 heavy (non-hydrogen) atoms. The normalized spacial score (nSPS) is 17.8. The molecular weight excluding hydrogens is 309 g/mol. The van der Waals surface area contributed by atoms with Crippen molar-refractivity contribution in [1.29, 1.82) is 0 Å². The number of amides is 1. The van der Waals surface area contributed by atoms with Crippen LogP contribution in [0, 0.1) is 0 Å². The summed E-state index contributed by atoms with van der Waals surface area (Å²) in [7, 11) is 0. The van der Waals surface area contributed by atoms with Gasteiger partial charge in [-0.15, -0.1) is 24.8 Å². The van der Waals surface area contributed by atoms with Gasteiger partial charge in [0.25, 0.3) is 5.91 Å². The first-order chi connectivity index (χ1) is 9.25. The van der Waals surface area contributed by atoms with Crippen molar-refractivity contribution in [1.82, 2.24) is 9.88 Å². The molecule has 2 heterocycles. The van der Waals surface area contributed by atoms with Crippen LogP contribution in [0.1, 0.15) is 23.2 Å². The molecule has 2 N–H and O–H groups in total. The number of rotatable bonds is 1. The summed E-state index contributed by atoms with van der Waals surface area (Å²) in [4.78, 5) is 18.8. The third kappa shape index (κ3) is 3.64. The van der Waals surface area contributed by atoms with E-state index in [-0.39, 0.29) is 36.8 Å². The van der Waals surface area contributed by atoms with Crippen molar-refractivity contribution in [3.8, 4) is 0 Å². The summed E-state index contributed by atoms with van der Waals surface area (Å²) in [5.74, 6) is 0.0412. The van der Waals surface area contributed by atoms with Crippen molar-refractivity contribution < 1.29 is 4.79 Å². The van der Waals surface area contributed by atoms with Crippen molar-refractivity contribution in [2.75, 3.05) is 13.1 Å². The van der Waals surface area contributed by atoms with Gasteiger partial charge in [0.15, 0.2) is 0 Å². The topological polar surface area (TPSA) is 59.2 Å². The van der Waals surface area contributed by atoms with E-state index in [0.29, 0.717) is 12.1 Å². The second-order valence-electron chi connectivity index (χ2n) is 5.03. The van der Waals surface area contributed by atoms with Crippen LogP contribution >= 0.6 is 24.8 Å². The fraction of sp³-hybridized carbons (Fsp3) is 0.333. The lowest BCUT2D eigenvalue weighted by molar-refractivity contribution is 0.0710. The Hall–Kier alpha value is -1.36. The van der Waals surface area contributed by atoms with Gasteiger partial charge >= 0.3 is 0 Å². The minimum absolute atomic E-state index is 0. The molecule has 4 nitrogen and oxygen atoms in total. The zero-order chi connectivity index (χ0) is 13.2. The summed E-state index contributed by atoms with van der Waals surface area (Å²) in [5.41, 5.74) is 7.39. The maximum Gasteiger partial charge on any atom is 0.256 e. The lowest BCUT2D eigenvalue weighted by Gasteiger charge is -2.31. The van der Waals surface area contributed by atoms with Crippen LogP contribution in [0.3, 0.4) is 0 Å². The molecule has 0 spiro atoms. The molecule has 1 aliphatic rings. The fourth-order valence-corrected chi connectivity index (χ4v) is 2.64. The van der Waals surface area contributed by atoms with Crippen LogP contribution in [0.5, 0.6) is 0 Å². The predicted molar refractivity (Wildman–Crippen MR) is 89.4 cm³/mol. The minimum Gasteiger partial charge on any atom is -0.337 e. The molecule has 1 saturated heterocycles. The highest BCUT2D eigenvalue weighted by atomic mass is 35.5. The Morgan fingerprint density at radius 3 is 2.76 bits per heavy atom. The van der Waals surface area contributed by atoms with Gasteiger partial charge in [-0.05, 0) is 25.0 Å². The van der Waals surface area contributed by atoms with Crippen LogP contribution in [0.2, 0.25) is 0 Å². The Labute approximate surface area is 136 Å². The van der Waals surface area contributed by atoms with Gasteiger partial charge in [0.1, 0.15) is 0 Å². The van der Waals surface area contributed by atoms with Gasteiger partial charge in [0.2, 0.25) is 0 Å². The number of para-hydroxylation sites is 1. The Bertz CT molecular complexity index is 615. The van der Waals surface area contributed by atoms with Gasteiger partial charge in [0.05, 0.1) is 11.1 Å². The predicted octanol–water partition coefficient (Wildman–Crippen LogP) is 2.64. The van der Waals surface area contributed by atoms with Gasteiger partial charge in [-0.3, -0.25) is 9.78 Å². The average Bonchev–Trinajstić information content (AvgIpc) is 2.46.